The normalized spacial score (nSPS) is 17.2. The van der Waals surface area contributed by atoms with Gasteiger partial charge < -0.3 is 35.0 Å². The summed E-state index contributed by atoms with van der Waals surface area (Å²) >= 11 is 7.18. The van der Waals surface area contributed by atoms with Gasteiger partial charge >= 0.3 is 6.18 Å². The highest BCUT2D eigenvalue weighted by Gasteiger charge is 2.51. The quantitative estimate of drug-likeness (QED) is 0.0461. The second-order valence-electron chi connectivity index (χ2n) is 19.4. The zero-order valence-electron chi connectivity index (χ0n) is 41.0. The molecular formula is C53H55F4N7O7S2. The van der Waals surface area contributed by atoms with Crippen molar-refractivity contribution in [3.63, 3.8) is 0 Å². The van der Waals surface area contributed by atoms with Crippen LogP contribution in [-0.4, -0.2) is 93.8 Å². The number of aromatic nitrogens is 1. The Labute approximate surface area is 429 Å². The largest absolute Gasteiger partial charge is 0.493 e. The van der Waals surface area contributed by atoms with E-state index >= 15 is 4.39 Å². The molecule has 4 amide bonds. The van der Waals surface area contributed by atoms with Crippen LogP contribution in [0, 0.1) is 29.5 Å². The first-order valence-corrected chi connectivity index (χ1v) is 24.7. The number of nitrogens with zero attached hydrogens (tertiary/aromatic N) is 5. The number of aliphatic hydroxyl groups is 1. The van der Waals surface area contributed by atoms with Crippen molar-refractivity contribution >= 4 is 63.7 Å². The summed E-state index contributed by atoms with van der Waals surface area (Å²) in [6.45, 7) is 10.8. The van der Waals surface area contributed by atoms with Gasteiger partial charge in [0.15, 0.2) is 5.11 Å². The number of carbonyl (C=O) groups is 4. The molecule has 2 fully saturated rings. The first kappa shape index (κ1) is 54.0. The van der Waals surface area contributed by atoms with E-state index in [1.54, 1.807) is 87.9 Å². The third kappa shape index (κ3) is 12.2. The lowest BCUT2D eigenvalue weighted by Gasteiger charge is -2.35. The number of carbonyl (C=O) groups excluding carboxylic acids is 4. The predicted molar refractivity (Wildman–Crippen MR) is 272 cm³/mol. The fourth-order valence-corrected chi connectivity index (χ4v) is 10.0. The van der Waals surface area contributed by atoms with Gasteiger partial charge in [0.25, 0.3) is 5.91 Å². The molecule has 2 aliphatic rings. The zero-order chi connectivity index (χ0) is 53.0. The molecule has 0 spiro atoms. The number of likely N-dealkylation sites (tertiary alicyclic amines) is 1. The number of nitrogens with one attached hydrogen (secondary N) is 2. The van der Waals surface area contributed by atoms with Crippen molar-refractivity contribution in [2.75, 3.05) is 36.2 Å². The third-order valence-electron chi connectivity index (χ3n) is 12.6. The minimum atomic E-state index is -4.84. The molecule has 2 aliphatic heterocycles. The predicted octanol–water partition coefficient (Wildman–Crippen LogP) is 8.72. The van der Waals surface area contributed by atoms with Crippen LogP contribution in [0.1, 0.15) is 76.3 Å². The lowest BCUT2D eigenvalue weighted by molar-refractivity contribution is -0.144. The van der Waals surface area contributed by atoms with E-state index in [2.05, 4.69) is 15.6 Å². The molecule has 0 bridgehead atoms. The van der Waals surface area contributed by atoms with Gasteiger partial charge in [-0.05, 0) is 110 Å². The molecule has 0 aliphatic carbocycles. The molecule has 384 valence electrons. The van der Waals surface area contributed by atoms with Gasteiger partial charge in [0.1, 0.15) is 35.8 Å². The lowest BCUT2D eigenvalue weighted by atomic mass is 9.85. The summed E-state index contributed by atoms with van der Waals surface area (Å²) in [6, 6.07) is 21.3. The van der Waals surface area contributed by atoms with E-state index in [4.69, 9.17) is 21.7 Å². The van der Waals surface area contributed by atoms with Crippen LogP contribution in [0.2, 0.25) is 0 Å². The van der Waals surface area contributed by atoms with Crippen molar-refractivity contribution in [3.05, 3.63) is 119 Å². The number of benzene rings is 4. The first-order chi connectivity index (χ1) is 34.5. The Morgan fingerprint density at radius 2 is 1.64 bits per heavy atom. The summed E-state index contributed by atoms with van der Waals surface area (Å²) in [4.78, 5) is 63.4. The number of hydrogen-bond donors (Lipinski definition) is 3. The van der Waals surface area contributed by atoms with Crippen LogP contribution >= 0.6 is 23.6 Å². The number of β-amino-alcohol motifs (C(OH)–C–C–N with tert-alkyl or cyclic N) is 1. The summed E-state index contributed by atoms with van der Waals surface area (Å²) in [6.07, 6.45) is -4.68. The highest BCUT2D eigenvalue weighted by molar-refractivity contribution is 7.81. The van der Waals surface area contributed by atoms with Crippen molar-refractivity contribution in [1.82, 2.24) is 20.5 Å². The van der Waals surface area contributed by atoms with E-state index in [9.17, 15) is 42.7 Å². The number of aryl methyl sites for hydroxylation is 1. The standard InChI is InChI=1S/C53H55F4N7O7S2/c1-31-45(73-30-60-31)34-11-9-32(10-12-34)27-59-47(67)43-24-38(65)28-62(43)48(68)46(51(2,3)4)61-44(66)29-70-21-7-8-22-71-39-19-20-40(42(54)25-39)33-13-16-36(17-14-33)64-50(72)63(49(69)52(64,5)6)37-18-15-35(26-58)41(23-37)53(55,56)57/h9-20,23,25,30,38,43,46,65H,7-8,21-22,24,27-29H2,1-6H3,(H,59,67)(H,61,66)/t38-,43+,46-/m1/s1. The summed E-state index contributed by atoms with van der Waals surface area (Å²) in [5.41, 5.74) is 1.87. The molecule has 3 atom stereocenters. The summed E-state index contributed by atoms with van der Waals surface area (Å²) < 4.78 is 68.2. The van der Waals surface area contributed by atoms with Crippen LogP contribution in [0.3, 0.4) is 0 Å². The van der Waals surface area contributed by atoms with Gasteiger partial charge in [-0.25, -0.2) is 9.37 Å². The second kappa shape index (κ2) is 22.1. The third-order valence-corrected chi connectivity index (χ3v) is 14.0. The zero-order valence-corrected chi connectivity index (χ0v) is 42.6. The van der Waals surface area contributed by atoms with E-state index in [0.29, 0.717) is 24.1 Å². The molecule has 4 aromatic carbocycles. The number of rotatable bonds is 17. The Kier molecular flexibility index (Phi) is 16.4. The summed E-state index contributed by atoms with van der Waals surface area (Å²) in [5, 5.41) is 25.4. The molecule has 14 nitrogen and oxygen atoms in total. The van der Waals surface area contributed by atoms with Gasteiger partial charge in [-0.3, -0.25) is 24.1 Å². The van der Waals surface area contributed by atoms with Gasteiger partial charge in [-0.15, -0.1) is 11.3 Å². The van der Waals surface area contributed by atoms with Crippen molar-refractivity contribution < 1.29 is 51.3 Å². The number of amides is 4. The van der Waals surface area contributed by atoms with Crippen LogP contribution in [-0.2, 0) is 36.6 Å². The second-order valence-corrected chi connectivity index (χ2v) is 20.6. The molecule has 73 heavy (non-hydrogen) atoms. The number of unbranched alkanes of at least 4 members (excludes halogenated alkanes) is 1. The average molecular weight is 1040 g/mol. The monoisotopic (exact) mass is 1040 g/mol. The van der Waals surface area contributed by atoms with Crippen LogP contribution in [0.15, 0.2) is 90.4 Å². The van der Waals surface area contributed by atoms with Crippen molar-refractivity contribution in [2.45, 2.75) is 97.3 Å². The molecule has 2 saturated heterocycles. The summed E-state index contributed by atoms with van der Waals surface area (Å²) in [5.74, 6) is -2.27. The van der Waals surface area contributed by atoms with Crippen LogP contribution in [0.4, 0.5) is 28.9 Å². The minimum absolute atomic E-state index is 0.0568. The Bertz CT molecular complexity index is 2920. The Balaban J connectivity index is 0.855. The van der Waals surface area contributed by atoms with E-state index in [0.717, 1.165) is 38.7 Å². The molecule has 3 heterocycles. The van der Waals surface area contributed by atoms with Crippen LogP contribution in [0.5, 0.6) is 5.75 Å². The van der Waals surface area contributed by atoms with E-state index in [1.807, 2.05) is 31.2 Å². The number of aliphatic hydroxyl groups excluding tert-OH is 1. The molecule has 20 heteroatoms. The van der Waals surface area contributed by atoms with Crippen LogP contribution < -0.4 is 25.2 Å². The minimum Gasteiger partial charge on any atom is -0.493 e. The number of anilines is 2. The molecule has 0 unspecified atom stereocenters. The number of thiocarbonyl (C=S) groups is 1. The molecule has 0 radical (unpaired) electrons. The highest BCUT2D eigenvalue weighted by atomic mass is 32.1. The molecule has 3 N–H and O–H groups in total. The van der Waals surface area contributed by atoms with Gasteiger partial charge in [0, 0.05) is 43.4 Å². The molecule has 7 rings (SSSR count). The van der Waals surface area contributed by atoms with Crippen molar-refractivity contribution in [1.29, 1.82) is 5.26 Å². The number of thiazole rings is 1. The number of hydrogen-bond acceptors (Lipinski definition) is 11. The fraction of sp³-hybridized carbons (Fsp3) is 0.377. The number of halogens is 4. The summed E-state index contributed by atoms with van der Waals surface area (Å²) in [7, 11) is 0. The maximum Gasteiger partial charge on any atom is 0.417 e. The topological polar surface area (TPSA) is 177 Å². The Morgan fingerprint density at radius 3 is 2.27 bits per heavy atom. The van der Waals surface area contributed by atoms with E-state index < -0.39 is 75.9 Å². The Morgan fingerprint density at radius 1 is 0.973 bits per heavy atom. The Hall–Kier alpha value is -6.79. The van der Waals surface area contributed by atoms with Crippen molar-refractivity contribution in [2.24, 2.45) is 5.41 Å². The van der Waals surface area contributed by atoms with Gasteiger partial charge in [-0.1, -0.05) is 57.2 Å². The molecule has 1 aromatic heterocycles. The SMILES string of the molecule is Cc1ncsc1-c1ccc(CNC(=O)[C@@H]2C[C@@H](O)CN2C(=O)[C@@H](NC(=O)COCCCCOc2ccc(-c3ccc(N4C(=S)N(c5ccc(C#N)c(C(F)(F)F)c5)C(=O)C4(C)C)cc3)c(F)c2)C(C)(C)C)cc1. The molecule has 0 saturated carbocycles. The smallest absolute Gasteiger partial charge is 0.417 e. The van der Waals surface area contributed by atoms with Gasteiger partial charge in [0.05, 0.1) is 51.7 Å². The number of nitriles is 1. The molecular weight excluding hydrogens is 987 g/mol. The maximum absolute atomic E-state index is 15.5. The number of ether oxygens (including phenoxy) is 2. The lowest BCUT2D eigenvalue weighted by Crippen LogP contribution is -2.58. The molecule has 5 aromatic rings. The highest BCUT2D eigenvalue weighted by Crippen LogP contribution is 2.40. The van der Waals surface area contributed by atoms with E-state index in [-0.39, 0.29) is 61.4 Å². The number of alkyl halides is 3. The maximum atomic E-state index is 15.5. The van der Waals surface area contributed by atoms with Gasteiger partial charge in [-0.2, -0.15) is 18.4 Å². The average Bonchev–Trinajstić information content (AvgIpc) is 4.01. The van der Waals surface area contributed by atoms with Crippen molar-refractivity contribution in [3.8, 4) is 33.4 Å². The van der Waals surface area contributed by atoms with Gasteiger partial charge in [0.2, 0.25) is 17.7 Å². The fourth-order valence-electron chi connectivity index (χ4n) is 8.71. The van der Waals surface area contributed by atoms with E-state index in [1.165, 1.54) is 28.0 Å². The first-order valence-electron chi connectivity index (χ1n) is 23.4. The van der Waals surface area contributed by atoms with Crippen LogP contribution in [0.25, 0.3) is 21.6 Å².